The Bertz CT molecular complexity index is 1980. The number of esters is 1. The Morgan fingerprint density at radius 1 is 0.878 bits per heavy atom. The van der Waals surface area contributed by atoms with Crippen LogP contribution in [0.4, 0.5) is 0 Å². The van der Waals surface area contributed by atoms with Gasteiger partial charge in [-0.1, -0.05) is 70.8 Å². The molecule has 0 aliphatic heterocycles. The first kappa shape index (κ1) is 35.9. The van der Waals surface area contributed by atoms with E-state index in [1.165, 1.54) is 40.0 Å². The zero-order chi connectivity index (χ0) is 35.0. The van der Waals surface area contributed by atoms with Crippen LogP contribution >= 0.6 is 23.2 Å². The van der Waals surface area contributed by atoms with Crippen LogP contribution in [-0.4, -0.2) is 48.0 Å². The predicted molar refractivity (Wildman–Crippen MR) is 185 cm³/mol. The largest absolute Gasteiger partial charge is 0.503 e. The zero-order valence-electron chi connectivity index (χ0n) is 26.5. The van der Waals surface area contributed by atoms with Crippen molar-refractivity contribution in [3.63, 3.8) is 0 Å². The predicted octanol–water partition coefficient (Wildman–Crippen LogP) is 8.07. The molecule has 0 saturated heterocycles. The number of hydrogen-bond donors (Lipinski definition) is 0. The Balaban J connectivity index is 0.000000244. The molecule has 2 heterocycles. The summed E-state index contributed by atoms with van der Waals surface area (Å²) < 4.78 is 21.4. The Morgan fingerprint density at radius 2 is 1.59 bits per heavy atom. The van der Waals surface area contributed by atoms with E-state index in [0.717, 1.165) is 16.8 Å². The third kappa shape index (κ3) is 10.3. The van der Waals surface area contributed by atoms with Crippen LogP contribution in [0.5, 0.6) is 23.3 Å². The second-order valence-electron chi connectivity index (χ2n) is 9.64. The minimum absolute atomic E-state index is 0.184. The third-order valence-corrected chi connectivity index (χ3v) is 6.96. The van der Waals surface area contributed by atoms with Crippen LogP contribution in [0, 0.1) is 11.3 Å². The van der Waals surface area contributed by atoms with Crippen LogP contribution < -0.4 is 9.47 Å². The summed E-state index contributed by atoms with van der Waals surface area (Å²) in [5.41, 5.74) is 3.58. The van der Waals surface area contributed by atoms with Crippen molar-refractivity contribution >= 4 is 40.5 Å². The van der Waals surface area contributed by atoms with E-state index in [2.05, 4.69) is 26.2 Å². The second kappa shape index (κ2) is 18.4. The number of ether oxygens (including phenoxy) is 4. The van der Waals surface area contributed by atoms with Crippen LogP contribution in [0.3, 0.4) is 0 Å². The van der Waals surface area contributed by atoms with Crippen LogP contribution in [0.25, 0.3) is 5.57 Å². The van der Waals surface area contributed by atoms with Gasteiger partial charge in [-0.2, -0.15) is 5.26 Å². The van der Waals surface area contributed by atoms with Gasteiger partial charge in [-0.15, -0.1) is 0 Å². The van der Waals surface area contributed by atoms with Crippen LogP contribution in [0.15, 0.2) is 115 Å². The van der Waals surface area contributed by atoms with Gasteiger partial charge in [-0.3, -0.25) is 4.98 Å². The quantitative estimate of drug-likeness (QED) is 0.0438. The lowest BCUT2D eigenvalue weighted by molar-refractivity contribution is -0.133. The summed E-state index contributed by atoms with van der Waals surface area (Å²) in [7, 11) is 4.22. The number of rotatable bonds is 11. The van der Waals surface area contributed by atoms with Crippen molar-refractivity contribution < 1.29 is 28.6 Å². The first-order valence-corrected chi connectivity index (χ1v) is 15.1. The molecule has 0 saturated carbocycles. The highest BCUT2D eigenvalue weighted by Crippen LogP contribution is 2.32. The molecule has 5 rings (SSSR count). The molecule has 0 unspecified atom stereocenters. The van der Waals surface area contributed by atoms with Gasteiger partial charge in [-0.05, 0) is 42.0 Å². The van der Waals surface area contributed by atoms with Crippen molar-refractivity contribution in [2.75, 3.05) is 21.3 Å². The molecule has 0 spiro atoms. The third-order valence-electron chi connectivity index (χ3n) is 6.41. The van der Waals surface area contributed by atoms with Gasteiger partial charge in [0.1, 0.15) is 36.6 Å². The number of carbonyl (C=O) groups is 1. The number of oxime groups is 1. The molecular weight excluding hydrogens is 669 g/mol. The molecule has 0 N–H and O–H groups in total. The lowest BCUT2D eigenvalue weighted by atomic mass is 10.0. The fourth-order valence-corrected chi connectivity index (χ4v) is 4.76. The summed E-state index contributed by atoms with van der Waals surface area (Å²) >= 11 is 12.1. The van der Waals surface area contributed by atoms with Crippen molar-refractivity contribution in [1.29, 1.82) is 5.26 Å². The van der Waals surface area contributed by atoms with Crippen molar-refractivity contribution in [2.45, 2.75) is 6.42 Å². The minimum atomic E-state index is -0.576. The van der Waals surface area contributed by atoms with Gasteiger partial charge < -0.3 is 23.8 Å². The van der Waals surface area contributed by atoms with Gasteiger partial charge in [0.25, 0.3) is 0 Å². The molecule has 2 aromatic heterocycles. The Labute approximate surface area is 292 Å². The van der Waals surface area contributed by atoms with Gasteiger partial charge in [0.15, 0.2) is 0 Å². The molecule has 0 radical (unpaired) electrons. The van der Waals surface area contributed by atoms with Crippen molar-refractivity contribution in [2.24, 2.45) is 5.16 Å². The standard InChI is InChI=1S/C22H17N3O5.C14H12Cl2N2O/c1-27-13-17(22(26)28-2)16-8-4-6-10-19(16)30-21-11-20(24-14-25-21)29-18-9-5-3-7-15(18)12-23;1-19-18-14(7-10-3-2-6-17-9-10)12-5-4-11(15)8-13(12)16/h3-11,13-14H,1-2H3;2-6,8-9H,7H2,1H3/b17-13+;. The number of aromatic nitrogens is 3. The van der Waals surface area contributed by atoms with E-state index in [-0.39, 0.29) is 17.3 Å². The molecule has 0 aliphatic carbocycles. The summed E-state index contributed by atoms with van der Waals surface area (Å²) in [5.74, 6) is 0.520. The Kier molecular flexibility index (Phi) is 13.5. The molecule has 3 aromatic carbocycles. The lowest BCUT2D eigenvalue weighted by Crippen LogP contribution is -2.07. The monoisotopic (exact) mass is 697 g/mol. The SMILES string of the molecule is CO/C=C(/C(=O)OC)c1ccccc1Oc1cc(Oc2ccccc2C#N)ncn1.CON=C(Cc1cccnc1)c1ccc(Cl)cc1Cl. The molecular formula is C36H29Cl2N5O6. The summed E-state index contributed by atoms with van der Waals surface area (Å²) in [4.78, 5) is 29.2. The van der Waals surface area contributed by atoms with Gasteiger partial charge in [-0.25, -0.2) is 14.8 Å². The molecule has 0 fully saturated rings. The van der Waals surface area contributed by atoms with E-state index in [1.807, 2.05) is 18.2 Å². The van der Waals surface area contributed by atoms with E-state index in [4.69, 9.17) is 47.0 Å². The highest BCUT2D eigenvalue weighted by Gasteiger charge is 2.19. The summed E-state index contributed by atoms with van der Waals surface area (Å²) in [6.45, 7) is 0. The molecule has 0 bridgehead atoms. The number of pyridine rings is 1. The van der Waals surface area contributed by atoms with E-state index in [0.29, 0.717) is 39.1 Å². The molecule has 49 heavy (non-hydrogen) atoms. The normalized spacial score (nSPS) is 10.9. The number of methoxy groups -OCH3 is 2. The van der Waals surface area contributed by atoms with Crippen LogP contribution in [-0.2, 0) is 25.5 Å². The highest BCUT2D eigenvalue weighted by molar-refractivity contribution is 6.37. The van der Waals surface area contributed by atoms with Gasteiger partial charge >= 0.3 is 5.97 Å². The van der Waals surface area contributed by atoms with E-state index in [1.54, 1.807) is 73.1 Å². The molecule has 0 aliphatic rings. The van der Waals surface area contributed by atoms with Crippen molar-refractivity contribution in [1.82, 2.24) is 15.0 Å². The smallest absolute Gasteiger partial charge is 0.341 e. The lowest BCUT2D eigenvalue weighted by Gasteiger charge is -2.12. The maximum atomic E-state index is 12.1. The summed E-state index contributed by atoms with van der Waals surface area (Å²) in [5, 5.41) is 14.4. The second-order valence-corrected chi connectivity index (χ2v) is 10.5. The van der Waals surface area contributed by atoms with E-state index < -0.39 is 5.97 Å². The first-order valence-electron chi connectivity index (χ1n) is 14.4. The fraction of sp³-hybridized carbons (Fsp3) is 0.111. The number of carbonyl (C=O) groups excluding carboxylic acids is 1. The molecule has 0 atom stereocenters. The number of benzene rings is 3. The molecule has 248 valence electrons. The number of nitriles is 1. The minimum Gasteiger partial charge on any atom is -0.503 e. The van der Waals surface area contributed by atoms with Gasteiger partial charge in [0.2, 0.25) is 11.8 Å². The topological polar surface area (TPSA) is 138 Å². The van der Waals surface area contributed by atoms with Gasteiger partial charge in [0.05, 0.1) is 42.8 Å². The number of hydrogen-bond acceptors (Lipinski definition) is 11. The van der Waals surface area contributed by atoms with Crippen molar-refractivity contribution in [3.05, 3.63) is 142 Å². The maximum Gasteiger partial charge on any atom is 0.341 e. The molecule has 13 heteroatoms. The number of nitrogens with zero attached hydrogens (tertiary/aromatic N) is 5. The summed E-state index contributed by atoms with van der Waals surface area (Å²) in [6, 6.07) is 26.3. The fourth-order valence-electron chi connectivity index (χ4n) is 4.24. The average molecular weight is 699 g/mol. The number of halogens is 2. The molecule has 5 aromatic rings. The first-order chi connectivity index (χ1) is 23.9. The van der Waals surface area contributed by atoms with Crippen molar-refractivity contribution in [3.8, 4) is 29.3 Å². The van der Waals surface area contributed by atoms with Crippen LogP contribution in [0.1, 0.15) is 22.3 Å². The highest BCUT2D eigenvalue weighted by atomic mass is 35.5. The summed E-state index contributed by atoms with van der Waals surface area (Å²) in [6.07, 6.45) is 6.65. The zero-order valence-corrected chi connectivity index (χ0v) is 28.1. The van der Waals surface area contributed by atoms with Gasteiger partial charge in [0, 0.05) is 35.0 Å². The van der Waals surface area contributed by atoms with E-state index >= 15 is 0 Å². The molecule has 11 nitrogen and oxygen atoms in total. The molecule has 0 amide bonds. The van der Waals surface area contributed by atoms with E-state index in [9.17, 15) is 10.1 Å². The Hall–Kier alpha value is -5.96. The Morgan fingerprint density at radius 3 is 2.24 bits per heavy atom. The average Bonchev–Trinajstić information content (AvgIpc) is 3.12. The maximum absolute atomic E-state index is 12.1. The number of para-hydroxylation sites is 2. The van der Waals surface area contributed by atoms with Crippen LogP contribution in [0.2, 0.25) is 10.0 Å².